The Bertz CT molecular complexity index is 918. The molecule has 1 unspecified atom stereocenters. The Kier molecular flexibility index (Phi) is 5.27. The molecule has 27 heavy (non-hydrogen) atoms. The molecule has 2 aromatic rings. The first-order chi connectivity index (χ1) is 13.1. The lowest BCUT2D eigenvalue weighted by atomic mass is 10.0. The summed E-state index contributed by atoms with van der Waals surface area (Å²) in [4.78, 5) is 13.4. The van der Waals surface area contributed by atoms with E-state index in [0.29, 0.717) is 29.7 Å². The third-order valence-corrected chi connectivity index (χ3v) is 5.78. The Balaban J connectivity index is 1.48. The van der Waals surface area contributed by atoms with Gasteiger partial charge in [-0.15, -0.1) is 11.8 Å². The van der Waals surface area contributed by atoms with E-state index in [1.807, 2.05) is 0 Å². The lowest BCUT2D eigenvalue weighted by Gasteiger charge is -2.25. The number of hydrogen-bond acceptors (Lipinski definition) is 4. The molecule has 2 aromatic carbocycles. The molecule has 2 aliphatic heterocycles. The fourth-order valence-corrected chi connectivity index (χ4v) is 4.51. The number of benzene rings is 2. The number of rotatable bonds is 3. The van der Waals surface area contributed by atoms with E-state index in [1.165, 1.54) is 18.2 Å². The van der Waals surface area contributed by atoms with Crippen LogP contribution in [0.25, 0.3) is 6.08 Å². The zero-order valence-corrected chi connectivity index (χ0v) is 15.9. The summed E-state index contributed by atoms with van der Waals surface area (Å²) >= 11 is 7.89. The maximum atomic E-state index is 13.6. The van der Waals surface area contributed by atoms with E-state index in [1.54, 1.807) is 36.0 Å². The molecule has 7 heteroatoms. The van der Waals surface area contributed by atoms with Gasteiger partial charge in [0.2, 0.25) is 5.91 Å². The van der Waals surface area contributed by atoms with Crippen molar-refractivity contribution in [2.24, 2.45) is 0 Å². The topological polar surface area (TPSA) is 47.6 Å². The number of hydrogen-bond donors (Lipinski definition) is 1. The molecule has 0 aliphatic carbocycles. The lowest BCUT2D eigenvalue weighted by molar-refractivity contribution is -0.117. The normalized spacial score (nSPS) is 18.2. The molecule has 0 fully saturated rings. The molecular formula is C20H17ClFNO3S. The van der Waals surface area contributed by atoms with Gasteiger partial charge in [-0.3, -0.25) is 4.79 Å². The van der Waals surface area contributed by atoms with Crippen LogP contribution in [0.2, 0.25) is 5.02 Å². The summed E-state index contributed by atoms with van der Waals surface area (Å²) in [6.07, 6.45) is 3.88. The van der Waals surface area contributed by atoms with E-state index in [9.17, 15) is 9.18 Å². The molecule has 2 aliphatic rings. The standard InChI is InChI=1S/C20H17ClFNO3S/c21-15-9-12(10-17-20(15)26-7-6-25-17)1-4-19(24)23-16-5-8-27-18-3-2-13(22)11-14(16)18/h1-4,9-11,16H,5-8H2,(H,23,24)/b4-1+. The maximum Gasteiger partial charge on any atom is 0.244 e. The van der Waals surface area contributed by atoms with E-state index in [-0.39, 0.29) is 17.8 Å². The van der Waals surface area contributed by atoms with Gasteiger partial charge in [-0.1, -0.05) is 11.6 Å². The molecule has 2 heterocycles. The Morgan fingerprint density at radius 2 is 2.11 bits per heavy atom. The molecule has 0 aromatic heterocycles. The first-order valence-electron chi connectivity index (χ1n) is 8.60. The number of halogens is 2. The molecule has 0 bridgehead atoms. The molecule has 1 atom stereocenters. The molecule has 0 saturated carbocycles. The first kappa shape index (κ1) is 18.2. The third kappa shape index (κ3) is 4.06. The highest BCUT2D eigenvalue weighted by atomic mass is 35.5. The van der Waals surface area contributed by atoms with Crippen molar-refractivity contribution >= 4 is 35.3 Å². The van der Waals surface area contributed by atoms with Crippen molar-refractivity contribution in [3.05, 3.63) is 58.4 Å². The fourth-order valence-electron chi connectivity index (χ4n) is 3.13. The molecular weight excluding hydrogens is 389 g/mol. The lowest BCUT2D eigenvalue weighted by Crippen LogP contribution is -2.29. The van der Waals surface area contributed by atoms with Crippen molar-refractivity contribution < 1.29 is 18.7 Å². The van der Waals surface area contributed by atoms with E-state index in [2.05, 4.69) is 5.32 Å². The van der Waals surface area contributed by atoms with E-state index in [4.69, 9.17) is 21.1 Å². The van der Waals surface area contributed by atoms with Gasteiger partial charge < -0.3 is 14.8 Å². The number of amides is 1. The van der Waals surface area contributed by atoms with Crippen LogP contribution < -0.4 is 14.8 Å². The van der Waals surface area contributed by atoms with Gasteiger partial charge in [-0.25, -0.2) is 4.39 Å². The van der Waals surface area contributed by atoms with Crippen molar-refractivity contribution in [2.75, 3.05) is 19.0 Å². The summed E-state index contributed by atoms with van der Waals surface area (Å²) in [5, 5.41) is 3.40. The largest absolute Gasteiger partial charge is 0.486 e. The number of carbonyl (C=O) groups is 1. The number of ether oxygens (including phenoxy) is 2. The monoisotopic (exact) mass is 405 g/mol. The second-order valence-electron chi connectivity index (χ2n) is 6.24. The Morgan fingerprint density at radius 3 is 3.00 bits per heavy atom. The first-order valence-corrected chi connectivity index (χ1v) is 9.96. The maximum absolute atomic E-state index is 13.6. The van der Waals surface area contributed by atoms with Gasteiger partial charge >= 0.3 is 0 Å². The van der Waals surface area contributed by atoms with Crippen LogP contribution in [0.15, 0.2) is 41.3 Å². The van der Waals surface area contributed by atoms with Gasteiger partial charge in [-0.2, -0.15) is 0 Å². The Morgan fingerprint density at radius 1 is 1.26 bits per heavy atom. The average molecular weight is 406 g/mol. The van der Waals surface area contributed by atoms with Gasteiger partial charge in [-0.05, 0) is 54.0 Å². The van der Waals surface area contributed by atoms with Crippen LogP contribution in [-0.4, -0.2) is 24.9 Å². The molecule has 140 valence electrons. The second-order valence-corrected chi connectivity index (χ2v) is 7.78. The van der Waals surface area contributed by atoms with Gasteiger partial charge in [0.25, 0.3) is 0 Å². The van der Waals surface area contributed by atoms with E-state index in [0.717, 1.165) is 28.2 Å². The third-order valence-electron chi connectivity index (χ3n) is 4.37. The highest BCUT2D eigenvalue weighted by Gasteiger charge is 2.22. The average Bonchev–Trinajstić information content (AvgIpc) is 2.67. The molecule has 0 saturated heterocycles. The summed E-state index contributed by atoms with van der Waals surface area (Å²) < 4.78 is 24.6. The minimum Gasteiger partial charge on any atom is -0.486 e. The predicted octanol–water partition coefficient (Wildman–Crippen LogP) is 4.62. The van der Waals surface area contributed by atoms with E-state index < -0.39 is 0 Å². The van der Waals surface area contributed by atoms with Crippen molar-refractivity contribution in [1.29, 1.82) is 0 Å². The second kappa shape index (κ2) is 7.82. The van der Waals surface area contributed by atoms with Crippen LogP contribution in [0, 0.1) is 5.82 Å². The smallest absolute Gasteiger partial charge is 0.244 e. The van der Waals surface area contributed by atoms with Crippen molar-refractivity contribution in [3.63, 3.8) is 0 Å². The number of fused-ring (bicyclic) bond motifs is 2. The zero-order chi connectivity index (χ0) is 18.8. The summed E-state index contributed by atoms with van der Waals surface area (Å²) in [5.74, 6) is 1.45. The summed E-state index contributed by atoms with van der Waals surface area (Å²) in [6.45, 7) is 0.929. The van der Waals surface area contributed by atoms with Crippen LogP contribution >= 0.6 is 23.4 Å². The molecule has 0 spiro atoms. The van der Waals surface area contributed by atoms with Gasteiger partial charge in [0, 0.05) is 16.7 Å². The number of thioether (sulfide) groups is 1. The van der Waals surface area contributed by atoms with Crippen LogP contribution in [0.5, 0.6) is 11.5 Å². The molecule has 1 N–H and O–H groups in total. The van der Waals surface area contributed by atoms with Gasteiger partial charge in [0.1, 0.15) is 19.0 Å². The van der Waals surface area contributed by atoms with Crippen molar-refractivity contribution in [2.45, 2.75) is 17.4 Å². The predicted molar refractivity (Wildman–Crippen MR) is 104 cm³/mol. The quantitative estimate of drug-likeness (QED) is 0.757. The summed E-state index contributed by atoms with van der Waals surface area (Å²) in [6, 6.07) is 8.02. The van der Waals surface area contributed by atoms with Crippen LogP contribution in [0.3, 0.4) is 0 Å². The van der Waals surface area contributed by atoms with Gasteiger partial charge in [0.05, 0.1) is 11.1 Å². The van der Waals surface area contributed by atoms with E-state index >= 15 is 0 Å². The number of carbonyl (C=O) groups excluding carboxylic acids is 1. The Hall–Kier alpha value is -2.18. The minimum absolute atomic E-state index is 0.196. The molecule has 4 nitrogen and oxygen atoms in total. The van der Waals surface area contributed by atoms with Crippen molar-refractivity contribution in [1.82, 2.24) is 5.32 Å². The zero-order valence-electron chi connectivity index (χ0n) is 14.3. The summed E-state index contributed by atoms with van der Waals surface area (Å²) in [5.41, 5.74) is 1.57. The van der Waals surface area contributed by atoms with Crippen LogP contribution in [0.4, 0.5) is 4.39 Å². The molecule has 1 amide bonds. The fraction of sp³-hybridized carbons (Fsp3) is 0.250. The van der Waals surface area contributed by atoms with Crippen LogP contribution in [-0.2, 0) is 4.79 Å². The SMILES string of the molecule is O=C(/C=C/c1cc(Cl)c2c(c1)OCCO2)NC1CCSc2ccc(F)cc21. The number of nitrogens with one attached hydrogen (secondary N) is 1. The van der Waals surface area contributed by atoms with Crippen LogP contribution in [0.1, 0.15) is 23.6 Å². The highest BCUT2D eigenvalue weighted by molar-refractivity contribution is 7.99. The molecule has 4 rings (SSSR count). The summed E-state index contributed by atoms with van der Waals surface area (Å²) in [7, 11) is 0. The van der Waals surface area contributed by atoms with Crippen molar-refractivity contribution in [3.8, 4) is 11.5 Å². The highest BCUT2D eigenvalue weighted by Crippen LogP contribution is 2.39. The minimum atomic E-state index is -0.294. The Labute approximate surface area is 165 Å². The van der Waals surface area contributed by atoms with Gasteiger partial charge in [0.15, 0.2) is 11.5 Å². The molecule has 0 radical (unpaired) electrons.